The molecule has 0 aliphatic heterocycles. The molecule has 0 aromatic carbocycles. The number of phosphoric acid groups is 1. The highest BCUT2D eigenvalue weighted by atomic mass is 31.2. The molecule has 0 rings (SSSR count). The molecular formula is C48H86N2O6P+. The molecule has 0 fully saturated rings. The van der Waals surface area contributed by atoms with Crippen molar-refractivity contribution in [2.24, 2.45) is 0 Å². The Morgan fingerprint density at radius 1 is 0.614 bits per heavy atom. The van der Waals surface area contributed by atoms with E-state index in [0.29, 0.717) is 17.4 Å². The number of nitrogens with one attached hydrogen (secondary N) is 1. The van der Waals surface area contributed by atoms with Crippen LogP contribution in [-0.2, 0) is 18.4 Å². The third-order valence-corrected chi connectivity index (χ3v) is 10.4. The molecule has 9 heteroatoms. The number of hydrogen-bond donors (Lipinski definition) is 3. The zero-order valence-electron chi connectivity index (χ0n) is 37.0. The van der Waals surface area contributed by atoms with Crippen LogP contribution in [-0.4, -0.2) is 73.4 Å². The van der Waals surface area contributed by atoms with Gasteiger partial charge in [0.05, 0.1) is 39.9 Å². The second-order valence-electron chi connectivity index (χ2n) is 16.0. The van der Waals surface area contributed by atoms with Gasteiger partial charge < -0.3 is 19.8 Å². The maximum absolute atomic E-state index is 12.7. The number of nitrogens with zero attached hydrogens (tertiary/aromatic N) is 1. The SMILES string of the molecule is CC/C=C\C/C=C\C/C=C\C/C=C\C/C=C\C/C=C\CCCCCCCCCCCCCCC(=O)NC(COP(=O)(O)OCC[N+](C)(C)C)C(O)/C=C/CCCC. The number of hydrogen-bond acceptors (Lipinski definition) is 5. The molecule has 0 heterocycles. The molecule has 3 N–H and O–H groups in total. The van der Waals surface area contributed by atoms with Gasteiger partial charge in [0.25, 0.3) is 0 Å². The number of carbonyl (C=O) groups is 1. The Morgan fingerprint density at radius 2 is 1.05 bits per heavy atom. The number of rotatable bonds is 39. The van der Waals surface area contributed by atoms with Crippen LogP contribution >= 0.6 is 7.82 Å². The lowest BCUT2D eigenvalue weighted by Crippen LogP contribution is -2.45. The third-order valence-electron chi connectivity index (χ3n) is 9.37. The van der Waals surface area contributed by atoms with Gasteiger partial charge in [-0.05, 0) is 64.2 Å². The van der Waals surface area contributed by atoms with Gasteiger partial charge >= 0.3 is 7.82 Å². The van der Waals surface area contributed by atoms with Crippen molar-refractivity contribution in [3.05, 3.63) is 85.1 Å². The molecule has 0 aliphatic rings. The second-order valence-corrected chi connectivity index (χ2v) is 17.5. The summed E-state index contributed by atoms with van der Waals surface area (Å²) in [4.78, 5) is 22.9. The molecule has 1 amide bonds. The lowest BCUT2D eigenvalue weighted by Gasteiger charge is -2.25. The van der Waals surface area contributed by atoms with Crippen molar-refractivity contribution in [1.29, 1.82) is 0 Å². The van der Waals surface area contributed by atoms with E-state index in [9.17, 15) is 19.4 Å². The van der Waals surface area contributed by atoms with Gasteiger partial charge in [0, 0.05) is 6.42 Å². The maximum Gasteiger partial charge on any atom is 0.472 e. The molecule has 0 aliphatic carbocycles. The number of aliphatic hydroxyl groups is 1. The normalized spacial score (nSPS) is 15.1. The number of allylic oxidation sites excluding steroid dienone is 13. The summed E-state index contributed by atoms with van der Waals surface area (Å²) in [5, 5.41) is 13.5. The average Bonchev–Trinajstić information content (AvgIpc) is 3.16. The largest absolute Gasteiger partial charge is 0.472 e. The monoisotopic (exact) mass is 818 g/mol. The van der Waals surface area contributed by atoms with E-state index >= 15 is 0 Å². The Bertz CT molecular complexity index is 1200. The second kappa shape index (κ2) is 39.2. The van der Waals surface area contributed by atoms with Gasteiger partial charge in [-0.25, -0.2) is 4.57 Å². The smallest absolute Gasteiger partial charge is 0.387 e. The molecule has 0 spiro atoms. The van der Waals surface area contributed by atoms with Crippen LogP contribution in [0, 0.1) is 0 Å². The molecule has 57 heavy (non-hydrogen) atoms. The zero-order valence-corrected chi connectivity index (χ0v) is 37.9. The lowest BCUT2D eigenvalue weighted by molar-refractivity contribution is -0.870. The minimum atomic E-state index is -4.32. The van der Waals surface area contributed by atoms with Crippen molar-refractivity contribution in [2.45, 2.75) is 174 Å². The van der Waals surface area contributed by atoms with E-state index in [0.717, 1.165) is 77.0 Å². The van der Waals surface area contributed by atoms with Gasteiger partial charge in [0.15, 0.2) is 0 Å². The van der Waals surface area contributed by atoms with E-state index in [1.165, 1.54) is 64.2 Å². The van der Waals surface area contributed by atoms with Crippen LogP contribution in [0.1, 0.15) is 162 Å². The molecule has 3 unspecified atom stereocenters. The molecule has 0 aromatic rings. The van der Waals surface area contributed by atoms with Crippen molar-refractivity contribution in [2.75, 3.05) is 40.9 Å². The fourth-order valence-electron chi connectivity index (χ4n) is 5.79. The highest BCUT2D eigenvalue weighted by molar-refractivity contribution is 7.47. The van der Waals surface area contributed by atoms with Gasteiger partial charge in [-0.2, -0.15) is 0 Å². The summed E-state index contributed by atoms with van der Waals surface area (Å²) in [7, 11) is 1.55. The Morgan fingerprint density at radius 3 is 1.53 bits per heavy atom. The predicted molar refractivity (Wildman–Crippen MR) is 244 cm³/mol. The van der Waals surface area contributed by atoms with Gasteiger partial charge in [0.1, 0.15) is 13.2 Å². The topological polar surface area (TPSA) is 105 Å². The fraction of sp³-hybridized carbons (Fsp3) is 0.688. The quantitative estimate of drug-likeness (QED) is 0.0247. The first-order valence-corrected chi connectivity index (χ1v) is 24.0. The zero-order chi connectivity index (χ0) is 42.1. The summed E-state index contributed by atoms with van der Waals surface area (Å²) in [5.74, 6) is -0.194. The molecule has 0 aromatic heterocycles. The number of unbranched alkanes of at least 4 members (excludes halogenated alkanes) is 14. The van der Waals surface area contributed by atoms with Crippen LogP contribution in [0.4, 0.5) is 0 Å². The van der Waals surface area contributed by atoms with E-state index in [1.54, 1.807) is 6.08 Å². The van der Waals surface area contributed by atoms with Gasteiger partial charge in [0.2, 0.25) is 5.91 Å². The van der Waals surface area contributed by atoms with E-state index in [4.69, 9.17) is 9.05 Å². The number of phosphoric ester groups is 1. The van der Waals surface area contributed by atoms with Gasteiger partial charge in [-0.1, -0.05) is 176 Å². The minimum Gasteiger partial charge on any atom is -0.387 e. The predicted octanol–water partition coefficient (Wildman–Crippen LogP) is 12.6. The summed E-state index contributed by atoms with van der Waals surface area (Å²) in [6.07, 6.45) is 54.4. The first-order chi connectivity index (χ1) is 27.5. The molecule has 0 saturated carbocycles. The van der Waals surface area contributed by atoms with Crippen LogP contribution < -0.4 is 5.32 Å². The Balaban J connectivity index is 3.93. The molecular weight excluding hydrogens is 732 g/mol. The fourth-order valence-corrected chi connectivity index (χ4v) is 6.53. The third kappa shape index (κ3) is 41.6. The highest BCUT2D eigenvalue weighted by Crippen LogP contribution is 2.43. The first-order valence-electron chi connectivity index (χ1n) is 22.5. The highest BCUT2D eigenvalue weighted by Gasteiger charge is 2.27. The van der Waals surface area contributed by atoms with Gasteiger partial charge in [-0.15, -0.1) is 0 Å². The lowest BCUT2D eigenvalue weighted by atomic mass is 10.0. The molecule has 3 atom stereocenters. The van der Waals surface area contributed by atoms with E-state index in [2.05, 4.69) is 92.1 Å². The number of amides is 1. The Hall–Kier alpha value is -2.32. The van der Waals surface area contributed by atoms with Crippen molar-refractivity contribution in [3.63, 3.8) is 0 Å². The summed E-state index contributed by atoms with van der Waals surface area (Å²) in [5.41, 5.74) is 0. The van der Waals surface area contributed by atoms with Crippen molar-refractivity contribution >= 4 is 13.7 Å². The van der Waals surface area contributed by atoms with E-state index in [1.807, 2.05) is 27.2 Å². The Labute approximate surface area is 350 Å². The first kappa shape index (κ1) is 54.7. The van der Waals surface area contributed by atoms with Gasteiger partial charge in [-0.3, -0.25) is 13.8 Å². The van der Waals surface area contributed by atoms with Crippen molar-refractivity contribution in [3.8, 4) is 0 Å². The van der Waals surface area contributed by atoms with E-state index in [-0.39, 0.29) is 19.1 Å². The summed E-state index contributed by atoms with van der Waals surface area (Å²) < 4.78 is 23.3. The van der Waals surface area contributed by atoms with Crippen LogP contribution in [0.5, 0.6) is 0 Å². The summed E-state index contributed by atoms with van der Waals surface area (Å²) >= 11 is 0. The average molecular weight is 818 g/mol. The Kier molecular flexibility index (Phi) is 37.6. The number of likely N-dealkylation sites (N-methyl/N-ethyl adjacent to an activating group) is 1. The van der Waals surface area contributed by atoms with Crippen molar-refractivity contribution < 1.29 is 32.9 Å². The van der Waals surface area contributed by atoms with E-state index < -0.39 is 20.0 Å². The van der Waals surface area contributed by atoms with Crippen LogP contribution in [0.15, 0.2) is 85.1 Å². The number of quaternary nitrogens is 1. The molecule has 0 radical (unpaired) electrons. The molecule has 0 saturated heterocycles. The maximum atomic E-state index is 12.7. The summed E-state index contributed by atoms with van der Waals surface area (Å²) in [6.45, 7) is 4.52. The van der Waals surface area contributed by atoms with Crippen LogP contribution in [0.3, 0.4) is 0 Å². The molecule has 8 nitrogen and oxygen atoms in total. The summed E-state index contributed by atoms with van der Waals surface area (Å²) in [6, 6.07) is -0.847. The number of aliphatic hydroxyl groups excluding tert-OH is 1. The van der Waals surface area contributed by atoms with Crippen molar-refractivity contribution in [1.82, 2.24) is 5.32 Å². The van der Waals surface area contributed by atoms with Crippen LogP contribution in [0.2, 0.25) is 0 Å². The minimum absolute atomic E-state index is 0.0562. The molecule has 0 bridgehead atoms. The number of carbonyl (C=O) groups excluding carboxylic acids is 1. The van der Waals surface area contributed by atoms with Crippen LogP contribution in [0.25, 0.3) is 0 Å². The standard InChI is InChI=1S/C48H85N2O6P/c1-6-8-10-12-13-14-15-16-17-18-19-20-21-22-23-24-25-26-27-28-29-30-31-32-33-34-35-36-37-38-40-42-48(52)49-46(47(51)41-39-11-9-7-2)45-56-57(53,54)55-44-43-50(3,4)5/h8,10,13-14,16-17,19-20,22-23,25-26,39,41,46-47,51H,6-7,9,11-12,15,18,21,24,27-38,40,42-45H2,1-5H3,(H-,49,52,53,54)/p+1/b10-8-,14-13-,17-16-,20-19-,23-22-,26-25-,41-39+. The molecule has 328 valence electrons.